The number of aryl methyl sites for hydroxylation is 2. The second-order valence-electron chi connectivity index (χ2n) is 6.25. The van der Waals surface area contributed by atoms with Crippen molar-refractivity contribution in [2.75, 3.05) is 13.1 Å². The zero-order chi connectivity index (χ0) is 17.6. The van der Waals surface area contributed by atoms with Gasteiger partial charge in [-0.3, -0.25) is 4.68 Å². The summed E-state index contributed by atoms with van der Waals surface area (Å²) in [5.74, 6) is 0.580. The highest BCUT2D eigenvalue weighted by Crippen LogP contribution is 2.31. The number of hydrogen-bond donors (Lipinski definition) is 1. The number of H-pyrrole nitrogens is 1. The molecule has 0 unspecified atom stereocenters. The van der Waals surface area contributed by atoms with Crippen molar-refractivity contribution in [3.8, 4) is 11.4 Å². The molecule has 0 atom stereocenters. The van der Waals surface area contributed by atoms with E-state index < -0.39 is 10.0 Å². The second kappa shape index (κ2) is 5.92. The first-order valence-electron chi connectivity index (χ1n) is 8.39. The van der Waals surface area contributed by atoms with Gasteiger partial charge in [-0.2, -0.15) is 9.40 Å². The Bertz CT molecular complexity index is 1030. The Balaban J connectivity index is 1.87. The lowest BCUT2D eigenvalue weighted by Gasteiger charge is -2.13. The number of rotatable bonds is 4. The molecule has 25 heavy (non-hydrogen) atoms. The van der Waals surface area contributed by atoms with E-state index in [2.05, 4.69) is 20.1 Å². The van der Waals surface area contributed by atoms with E-state index in [4.69, 9.17) is 0 Å². The topological polar surface area (TPSA) is 96.8 Å². The van der Waals surface area contributed by atoms with Crippen molar-refractivity contribution in [2.24, 2.45) is 0 Å². The van der Waals surface area contributed by atoms with Crippen LogP contribution in [0.2, 0.25) is 0 Å². The first-order valence-corrected chi connectivity index (χ1v) is 9.83. The summed E-state index contributed by atoms with van der Waals surface area (Å²) in [6.45, 7) is 5.78. The molecule has 4 rings (SSSR count). The molecule has 0 aliphatic carbocycles. The first-order chi connectivity index (χ1) is 12.0. The fourth-order valence-electron chi connectivity index (χ4n) is 3.22. The van der Waals surface area contributed by atoms with Crippen molar-refractivity contribution in [1.82, 2.24) is 29.0 Å². The molecule has 0 bridgehead atoms. The SMILES string of the molecule is CCn1cnc(-c2c(C)cnc3[nH]c(S(=O)(=O)N4CCCC4)cc23)n1. The van der Waals surface area contributed by atoms with Crippen LogP contribution in [-0.4, -0.2) is 50.5 Å². The predicted molar refractivity (Wildman–Crippen MR) is 93.5 cm³/mol. The van der Waals surface area contributed by atoms with Gasteiger partial charge < -0.3 is 4.98 Å². The lowest BCUT2D eigenvalue weighted by Crippen LogP contribution is -2.28. The normalized spacial score (nSPS) is 16.1. The van der Waals surface area contributed by atoms with Crippen LogP contribution in [0.4, 0.5) is 0 Å². The van der Waals surface area contributed by atoms with E-state index in [1.54, 1.807) is 23.3 Å². The van der Waals surface area contributed by atoms with Crippen LogP contribution in [0.5, 0.6) is 0 Å². The van der Waals surface area contributed by atoms with Crippen LogP contribution in [0.25, 0.3) is 22.4 Å². The molecule has 132 valence electrons. The molecular weight excluding hydrogens is 340 g/mol. The zero-order valence-electron chi connectivity index (χ0n) is 14.2. The molecule has 0 spiro atoms. The molecule has 1 aliphatic rings. The Morgan fingerprint density at radius 1 is 1.24 bits per heavy atom. The molecule has 0 amide bonds. The quantitative estimate of drug-likeness (QED) is 0.767. The van der Waals surface area contributed by atoms with Crippen LogP contribution in [-0.2, 0) is 16.6 Å². The Morgan fingerprint density at radius 3 is 2.68 bits per heavy atom. The second-order valence-corrected chi connectivity index (χ2v) is 8.15. The van der Waals surface area contributed by atoms with E-state index in [-0.39, 0.29) is 5.03 Å². The fourth-order valence-corrected chi connectivity index (χ4v) is 4.72. The number of sulfonamides is 1. The minimum absolute atomic E-state index is 0.179. The highest BCUT2D eigenvalue weighted by Gasteiger charge is 2.29. The third-order valence-electron chi connectivity index (χ3n) is 4.59. The Morgan fingerprint density at radius 2 is 2.00 bits per heavy atom. The van der Waals surface area contributed by atoms with Crippen molar-refractivity contribution in [1.29, 1.82) is 0 Å². The predicted octanol–water partition coefficient (Wildman–Crippen LogP) is 1.93. The summed E-state index contributed by atoms with van der Waals surface area (Å²) in [5, 5.41) is 5.37. The van der Waals surface area contributed by atoms with Gasteiger partial charge in [0.2, 0.25) is 0 Å². The molecule has 1 N–H and O–H groups in total. The van der Waals surface area contributed by atoms with E-state index >= 15 is 0 Å². The monoisotopic (exact) mass is 360 g/mol. The molecule has 3 aromatic heterocycles. The van der Waals surface area contributed by atoms with Gasteiger partial charge >= 0.3 is 0 Å². The number of nitrogens with one attached hydrogen (secondary N) is 1. The standard InChI is InChI=1S/C16H20N6O2S/c1-3-21-10-18-16(20-21)14-11(2)9-17-15-12(14)8-13(19-15)25(23,24)22-6-4-5-7-22/h8-10H,3-7H2,1-2H3,(H,17,19). The van der Waals surface area contributed by atoms with Crippen molar-refractivity contribution in [3.63, 3.8) is 0 Å². The highest BCUT2D eigenvalue weighted by atomic mass is 32.2. The largest absolute Gasteiger partial charge is 0.329 e. The maximum atomic E-state index is 12.8. The molecule has 0 aromatic carbocycles. The van der Waals surface area contributed by atoms with Gasteiger partial charge in [0.25, 0.3) is 10.0 Å². The summed E-state index contributed by atoms with van der Waals surface area (Å²) in [6.07, 6.45) is 5.20. The fraction of sp³-hybridized carbons (Fsp3) is 0.438. The smallest absolute Gasteiger partial charge is 0.258 e. The molecule has 9 heteroatoms. The molecule has 3 aromatic rings. The first kappa shape index (κ1) is 16.2. The summed E-state index contributed by atoms with van der Waals surface area (Å²) in [5.41, 5.74) is 2.26. The number of fused-ring (bicyclic) bond motifs is 1. The Labute approximate surface area is 145 Å². The molecule has 1 saturated heterocycles. The number of pyridine rings is 1. The van der Waals surface area contributed by atoms with Gasteiger partial charge in [-0.15, -0.1) is 0 Å². The van der Waals surface area contributed by atoms with Gasteiger partial charge in [0.15, 0.2) is 5.82 Å². The Kier molecular flexibility index (Phi) is 3.84. The van der Waals surface area contributed by atoms with Crippen LogP contribution < -0.4 is 0 Å². The lowest BCUT2D eigenvalue weighted by atomic mass is 10.1. The summed E-state index contributed by atoms with van der Waals surface area (Å²) in [7, 11) is -3.52. The van der Waals surface area contributed by atoms with Crippen LogP contribution in [0.3, 0.4) is 0 Å². The maximum absolute atomic E-state index is 12.8. The number of aromatic nitrogens is 5. The molecule has 0 saturated carbocycles. The Hall–Kier alpha value is -2.26. The summed E-state index contributed by atoms with van der Waals surface area (Å²) >= 11 is 0. The highest BCUT2D eigenvalue weighted by molar-refractivity contribution is 7.89. The third-order valence-corrected chi connectivity index (χ3v) is 6.41. The number of hydrogen-bond acceptors (Lipinski definition) is 5. The van der Waals surface area contributed by atoms with Crippen molar-refractivity contribution < 1.29 is 8.42 Å². The molecule has 1 fully saturated rings. The summed E-state index contributed by atoms with van der Waals surface area (Å²) < 4.78 is 28.9. The van der Waals surface area contributed by atoms with Gasteiger partial charge in [0.05, 0.1) is 0 Å². The van der Waals surface area contributed by atoms with E-state index in [1.165, 1.54) is 4.31 Å². The minimum atomic E-state index is -3.52. The van der Waals surface area contributed by atoms with E-state index in [9.17, 15) is 8.42 Å². The molecular formula is C16H20N6O2S. The van der Waals surface area contributed by atoms with Crippen molar-refractivity contribution >= 4 is 21.1 Å². The summed E-state index contributed by atoms with van der Waals surface area (Å²) in [6, 6.07) is 1.66. The van der Waals surface area contributed by atoms with Crippen molar-refractivity contribution in [2.45, 2.75) is 38.3 Å². The van der Waals surface area contributed by atoms with Gasteiger partial charge in [-0.25, -0.2) is 18.4 Å². The number of nitrogens with zero attached hydrogens (tertiary/aromatic N) is 5. The van der Waals surface area contributed by atoms with Crippen LogP contribution in [0.15, 0.2) is 23.6 Å². The zero-order valence-corrected chi connectivity index (χ0v) is 15.0. The maximum Gasteiger partial charge on any atom is 0.258 e. The average molecular weight is 360 g/mol. The van der Waals surface area contributed by atoms with E-state index in [0.29, 0.717) is 24.6 Å². The lowest BCUT2D eigenvalue weighted by molar-refractivity contribution is 0.475. The van der Waals surface area contributed by atoms with E-state index in [1.807, 2.05) is 13.8 Å². The van der Waals surface area contributed by atoms with Gasteiger partial charge in [0, 0.05) is 36.8 Å². The molecule has 8 nitrogen and oxygen atoms in total. The van der Waals surface area contributed by atoms with Crippen LogP contribution in [0.1, 0.15) is 25.3 Å². The number of aromatic amines is 1. The van der Waals surface area contributed by atoms with Crippen molar-refractivity contribution in [3.05, 3.63) is 24.2 Å². The van der Waals surface area contributed by atoms with Gasteiger partial charge in [-0.1, -0.05) is 0 Å². The average Bonchev–Trinajstić information content (AvgIpc) is 3.34. The minimum Gasteiger partial charge on any atom is -0.329 e. The van der Waals surface area contributed by atoms with Crippen LogP contribution in [0, 0.1) is 6.92 Å². The third kappa shape index (κ3) is 2.63. The van der Waals surface area contributed by atoms with E-state index in [0.717, 1.165) is 35.9 Å². The molecule has 4 heterocycles. The molecule has 1 aliphatic heterocycles. The van der Waals surface area contributed by atoms with Gasteiger partial charge in [-0.05, 0) is 38.3 Å². The molecule has 0 radical (unpaired) electrons. The van der Waals surface area contributed by atoms with Crippen LogP contribution >= 0.6 is 0 Å². The summed E-state index contributed by atoms with van der Waals surface area (Å²) in [4.78, 5) is 11.7. The van der Waals surface area contributed by atoms with Gasteiger partial charge in [0.1, 0.15) is 17.0 Å².